The van der Waals surface area contributed by atoms with Crippen LogP contribution in [0.3, 0.4) is 0 Å². The smallest absolute Gasteiger partial charge is 0.191 e. The van der Waals surface area contributed by atoms with E-state index in [1.165, 1.54) is 12.8 Å². The molecule has 1 aromatic carbocycles. The van der Waals surface area contributed by atoms with Crippen molar-refractivity contribution in [3.05, 3.63) is 42.4 Å². The molecule has 0 unspecified atom stereocenters. The van der Waals surface area contributed by atoms with Crippen LogP contribution in [0.4, 0.5) is 0 Å². The standard InChI is InChI=1S/C19H27N5O/c1-20-19(21-10-5-11-25-14-15-8-9-15)23-13-18-22-12-17(24-18)16-6-3-2-4-7-16/h2-4,6-7,12,15H,5,8-11,13-14H2,1H3,(H,22,24)(H2,20,21,23). The van der Waals surface area contributed by atoms with Gasteiger partial charge in [0.05, 0.1) is 18.4 Å². The van der Waals surface area contributed by atoms with Gasteiger partial charge in [-0.05, 0) is 30.7 Å². The van der Waals surface area contributed by atoms with E-state index in [1.54, 1.807) is 7.05 Å². The number of benzene rings is 1. The third-order valence-electron chi connectivity index (χ3n) is 4.17. The number of H-pyrrole nitrogens is 1. The molecule has 6 heteroatoms. The lowest BCUT2D eigenvalue weighted by molar-refractivity contribution is 0.123. The van der Waals surface area contributed by atoms with E-state index in [0.29, 0.717) is 6.54 Å². The van der Waals surface area contributed by atoms with E-state index in [-0.39, 0.29) is 0 Å². The number of nitrogens with zero attached hydrogens (tertiary/aromatic N) is 2. The van der Waals surface area contributed by atoms with Crippen molar-refractivity contribution in [2.24, 2.45) is 10.9 Å². The fourth-order valence-electron chi connectivity index (χ4n) is 2.52. The molecule has 1 saturated carbocycles. The molecule has 25 heavy (non-hydrogen) atoms. The molecule has 134 valence electrons. The first-order chi connectivity index (χ1) is 12.3. The SMILES string of the molecule is CN=C(NCCCOCC1CC1)NCc1ncc(-c2ccccc2)[nH]1. The normalized spacial score (nSPS) is 14.5. The average Bonchev–Trinajstić information content (AvgIpc) is 3.36. The molecule has 0 saturated heterocycles. The molecule has 1 aliphatic carbocycles. The zero-order valence-electron chi connectivity index (χ0n) is 14.8. The van der Waals surface area contributed by atoms with Gasteiger partial charge in [0.15, 0.2) is 5.96 Å². The summed E-state index contributed by atoms with van der Waals surface area (Å²) in [5, 5.41) is 6.57. The molecule has 0 radical (unpaired) electrons. The van der Waals surface area contributed by atoms with Gasteiger partial charge in [-0.25, -0.2) is 4.98 Å². The van der Waals surface area contributed by atoms with Crippen LogP contribution in [-0.2, 0) is 11.3 Å². The number of imidazole rings is 1. The molecule has 1 aromatic heterocycles. The second-order valence-corrected chi connectivity index (χ2v) is 6.33. The molecular formula is C19H27N5O. The quantitative estimate of drug-likeness (QED) is 0.372. The van der Waals surface area contributed by atoms with Crippen LogP contribution in [0.15, 0.2) is 41.5 Å². The Morgan fingerprint density at radius 1 is 1.28 bits per heavy atom. The molecule has 3 rings (SSSR count). The maximum atomic E-state index is 5.63. The number of aromatic amines is 1. The Balaban J connectivity index is 1.35. The van der Waals surface area contributed by atoms with Crippen molar-refractivity contribution in [3.8, 4) is 11.3 Å². The summed E-state index contributed by atoms with van der Waals surface area (Å²) < 4.78 is 5.63. The number of ether oxygens (including phenoxy) is 1. The van der Waals surface area contributed by atoms with Gasteiger partial charge >= 0.3 is 0 Å². The van der Waals surface area contributed by atoms with Crippen molar-refractivity contribution in [2.75, 3.05) is 26.8 Å². The summed E-state index contributed by atoms with van der Waals surface area (Å²) in [5.41, 5.74) is 2.16. The van der Waals surface area contributed by atoms with Crippen molar-refractivity contribution < 1.29 is 4.74 Å². The Morgan fingerprint density at radius 2 is 2.12 bits per heavy atom. The molecule has 1 aliphatic rings. The molecule has 1 fully saturated rings. The average molecular weight is 341 g/mol. The van der Waals surface area contributed by atoms with Crippen LogP contribution in [-0.4, -0.2) is 42.7 Å². The Labute approximate surface area is 149 Å². The Hall–Kier alpha value is -2.34. The topological polar surface area (TPSA) is 74.3 Å². The highest BCUT2D eigenvalue weighted by atomic mass is 16.5. The molecule has 0 bridgehead atoms. The molecule has 1 heterocycles. The number of guanidine groups is 1. The van der Waals surface area contributed by atoms with Crippen molar-refractivity contribution in [1.82, 2.24) is 20.6 Å². The molecular weight excluding hydrogens is 314 g/mol. The van der Waals surface area contributed by atoms with E-state index < -0.39 is 0 Å². The molecule has 3 N–H and O–H groups in total. The van der Waals surface area contributed by atoms with Crippen molar-refractivity contribution in [3.63, 3.8) is 0 Å². The lowest BCUT2D eigenvalue weighted by Crippen LogP contribution is -2.37. The van der Waals surface area contributed by atoms with Gasteiger partial charge in [0.1, 0.15) is 5.82 Å². The number of hydrogen-bond acceptors (Lipinski definition) is 3. The number of aliphatic imine (C=N–C) groups is 1. The molecule has 0 amide bonds. The highest BCUT2D eigenvalue weighted by molar-refractivity contribution is 5.79. The Morgan fingerprint density at radius 3 is 2.88 bits per heavy atom. The highest BCUT2D eigenvalue weighted by Gasteiger charge is 2.20. The predicted molar refractivity (Wildman–Crippen MR) is 100 cm³/mol. The summed E-state index contributed by atoms with van der Waals surface area (Å²) in [7, 11) is 1.77. The molecule has 0 aliphatic heterocycles. The number of rotatable bonds is 9. The first-order valence-corrected chi connectivity index (χ1v) is 8.96. The molecule has 6 nitrogen and oxygen atoms in total. The van der Waals surface area contributed by atoms with Crippen molar-refractivity contribution in [1.29, 1.82) is 0 Å². The first-order valence-electron chi connectivity index (χ1n) is 8.96. The fraction of sp³-hybridized carbons (Fsp3) is 0.474. The summed E-state index contributed by atoms with van der Waals surface area (Å²) >= 11 is 0. The van der Waals surface area contributed by atoms with E-state index in [4.69, 9.17) is 4.74 Å². The third kappa shape index (κ3) is 5.90. The lowest BCUT2D eigenvalue weighted by atomic mass is 10.2. The largest absolute Gasteiger partial charge is 0.381 e. The van der Waals surface area contributed by atoms with Gasteiger partial charge in [-0.1, -0.05) is 30.3 Å². The molecule has 0 spiro atoms. The van der Waals surface area contributed by atoms with E-state index in [2.05, 4.69) is 37.7 Å². The summed E-state index contributed by atoms with van der Waals surface area (Å²) in [5.74, 6) is 2.49. The van der Waals surface area contributed by atoms with Crippen LogP contribution < -0.4 is 10.6 Å². The second-order valence-electron chi connectivity index (χ2n) is 6.33. The van der Waals surface area contributed by atoms with Gasteiger partial charge in [-0.3, -0.25) is 4.99 Å². The zero-order valence-corrected chi connectivity index (χ0v) is 14.8. The number of hydrogen-bond donors (Lipinski definition) is 3. The van der Waals surface area contributed by atoms with Gasteiger partial charge in [-0.15, -0.1) is 0 Å². The minimum atomic E-state index is 0.602. The van der Waals surface area contributed by atoms with Gasteiger partial charge in [-0.2, -0.15) is 0 Å². The van der Waals surface area contributed by atoms with E-state index in [9.17, 15) is 0 Å². The Bertz CT molecular complexity index is 663. The maximum Gasteiger partial charge on any atom is 0.191 e. The van der Waals surface area contributed by atoms with Gasteiger partial charge < -0.3 is 20.4 Å². The van der Waals surface area contributed by atoms with Crippen LogP contribution in [0.1, 0.15) is 25.1 Å². The summed E-state index contributed by atoms with van der Waals surface area (Å²) in [6.45, 7) is 3.18. The van der Waals surface area contributed by atoms with Crippen LogP contribution in [0, 0.1) is 5.92 Å². The van der Waals surface area contributed by atoms with Crippen LogP contribution in [0.2, 0.25) is 0 Å². The van der Waals surface area contributed by atoms with Crippen LogP contribution >= 0.6 is 0 Å². The summed E-state index contributed by atoms with van der Waals surface area (Å²) in [6.07, 6.45) is 5.52. The summed E-state index contributed by atoms with van der Waals surface area (Å²) in [6, 6.07) is 10.2. The van der Waals surface area contributed by atoms with Crippen LogP contribution in [0.25, 0.3) is 11.3 Å². The van der Waals surface area contributed by atoms with Gasteiger partial charge in [0.2, 0.25) is 0 Å². The molecule has 2 aromatic rings. The van der Waals surface area contributed by atoms with E-state index in [1.807, 2.05) is 24.4 Å². The number of nitrogens with one attached hydrogen (secondary N) is 3. The molecule has 0 atom stereocenters. The minimum Gasteiger partial charge on any atom is -0.381 e. The highest BCUT2D eigenvalue weighted by Crippen LogP contribution is 2.28. The maximum absolute atomic E-state index is 5.63. The fourth-order valence-corrected chi connectivity index (χ4v) is 2.52. The van der Waals surface area contributed by atoms with E-state index in [0.717, 1.165) is 55.1 Å². The number of aromatic nitrogens is 2. The second kappa shape index (κ2) is 9.22. The monoisotopic (exact) mass is 341 g/mol. The van der Waals surface area contributed by atoms with Crippen LogP contribution in [0.5, 0.6) is 0 Å². The lowest BCUT2D eigenvalue weighted by Gasteiger charge is -2.11. The zero-order chi connectivity index (χ0) is 17.3. The van der Waals surface area contributed by atoms with Gasteiger partial charge in [0.25, 0.3) is 0 Å². The van der Waals surface area contributed by atoms with Gasteiger partial charge in [0, 0.05) is 26.8 Å². The minimum absolute atomic E-state index is 0.602. The van der Waals surface area contributed by atoms with Crippen molar-refractivity contribution in [2.45, 2.75) is 25.8 Å². The Kier molecular flexibility index (Phi) is 6.45. The first kappa shape index (κ1) is 17.5. The predicted octanol–water partition coefficient (Wildman–Crippen LogP) is 2.56. The third-order valence-corrected chi connectivity index (χ3v) is 4.17. The summed E-state index contributed by atoms with van der Waals surface area (Å²) in [4.78, 5) is 12.0. The van der Waals surface area contributed by atoms with E-state index >= 15 is 0 Å². The van der Waals surface area contributed by atoms with Crippen molar-refractivity contribution >= 4 is 5.96 Å².